The van der Waals surface area contributed by atoms with Crippen molar-refractivity contribution < 1.29 is 4.79 Å². The van der Waals surface area contributed by atoms with Gasteiger partial charge in [-0.2, -0.15) is 0 Å². The molecular formula is C11H23NO. The van der Waals surface area contributed by atoms with Gasteiger partial charge in [0.15, 0.2) is 0 Å². The molecule has 0 fully saturated rings. The Bertz CT molecular complexity index is 143. The Kier molecular flexibility index (Phi) is 6.87. The summed E-state index contributed by atoms with van der Waals surface area (Å²) in [4.78, 5) is 13.2. The highest BCUT2D eigenvalue weighted by molar-refractivity contribution is 5.77. The molecular weight excluding hydrogens is 162 g/mol. The number of nitrogens with zero attached hydrogens (tertiary/aromatic N) is 1. The zero-order valence-electron chi connectivity index (χ0n) is 9.47. The number of hydrogen-bond donors (Lipinski definition) is 0. The Morgan fingerprint density at radius 3 is 2.31 bits per heavy atom. The van der Waals surface area contributed by atoms with Gasteiger partial charge in [0.1, 0.15) is 5.78 Å². The Hall–Kier alpha value is -0.370. The van der Waals surface area contributed by atoms with Crippen LogP contribution in [0.1, 0.15) is 40.5 Å². The summed E-state index contributed by atoms with van der Waals surface area (Å²) in [6.45, 7) is 11.0. The van der Waals surface area contributed by atoms with Crippen LogP contribution in [-0.4, -0.2) is 30.3 Å². The van der Waals surface area contributed by atoms with Crippen molar-refractivity contribution in [1.29, 1.82) is 0 Å². The molecule has 0 bridgehead atoms. The molecule has 0 unspecified atom stereocenters. The number of carbonyl (C=O) groups excluding carboxylic acids is 1. The van der Waals surface area contributed by atoms with Crippen molar-refractivity contribution in [3.8, 4) is 0 Å². The Morgan fingerprint density at radius 2 is 1.92 bits per heavy atom. The van der Waals surface area contributed by atoms with Crippen LogP contribution < -0.4 is 0 Å². The van der Waals surface area contributed by atoms with Crippen LogP contribution in [0, 0.1) is 5.92 Å². The summed E-state index contributed by atoms with van der Waals surface area (Å²) in [7, 11) is 0. The van der Waals surface area contributed by atoms with Crippen molar-refractivity contribution in [3.63, 3.8) is 0 Å². The Morgan fingerprint density at radius 1 is 1.31 bits per heavy atom. The van der Waals surface area contributed by atoms with Crippen molar-refractivity contribution in [2.24, 2.45) is 5.92 Å². The summed E-state index contributed by atoms with van der Waals surface area (Å²) in [6, 6.07) is 0. The van der Waals surface area contributed by atoms with Gasteiger partial charge in [0, 0.05) is 0 Å². The lowest BCUT2D eigenvalue weighted by Crippen LogP contribution is -2.31. The van der Waals surface area contributed by atoms with Crippen LogP contribution in [0.25, 0.3) is 0 Å². The molecule has 2 heteroatoms. The van der Waals surface area contributed by atoms with E-state index in [-0.39, 0.29) is 5.78 Å². The summed E-state index contributed by atoms with van der Waals surface area (Å²) in [5.74, 6) is 1.00. The monoisotopic (exact) mass is 185 g/mol. The largest absolute Gasteiger partial charge is 0.299 e. The molecule has 0 amide bonds. The van der Waals surface area contributed by atoms with Gasteiger partial charge in [0.2, 0.25) is 0 Å². The van der Waals surface area contributed by atoms with Crippen molar-refractivity contribution >= 4 is 5.78 Å². The second-order valence-corrected chi connectivity index (χ2v) is 4.16. The number of Topliss-reactive ketones (excluding diaryl/α,β-unsaturated/α-hetero) is 1. The third-order valence-electron chi connectivity index (χ3n) is 2.01. The van der Waals surface area contributed by atoms with E-state index in [4.69, 9.17) is 0 Å². The fourth-order valence-corrected chi connectivity index (χ4v) is 1.34. The van der Waals surface area contributed by atoms with Gasteiger partial charge in [-0.05, 0) is 38.8 Å². The summed E-state index contributed by atoms with van der Waals surface area (Å²) in [5.41, 5.74) is 0. The normalized spacial score (nSPS) is 11.2. The van der Waals surface area contributed by atoms with Crippen LogP contribution in [0.3, 0.4) is 0 Å². The highest BCUT2D eigenvalue weighted by Gasteiger charge is 2.06. The third-order valence-corrected chi connectivity index (χ3v) is 2.01. The van der Waals surface area contributed by atoms with E-state index in [9.17, 15) is 4.79 Å². The first-order valence-electron chi connectivity index (χ1n) is 5.28. The van der Waals surface area contributed by atoms with E-state index in [1.54, 1.807) is 6.92 Å². The smallest absolute Gasteiger partial charge is 0.143 e. The highest BCUT2D eigenvalue weighted by Crippen LogP contribution is 2.02. The van der Waals surface area contributed by atoms with Gasteiger partial charge in [-0.15, -0.1) is 0 Å². The molecule has 0 N–H and O–H groups in total. The first-order chi connectivity index (χ1) is 6.06. The van der Waals surface area contributed by atoms with Crippen molar-refractivity contribution in [2.75, 3.05) is 19.6 Å². The molecule has 0 spiro atoms. The minimum Gasteiger partial charge on any atom is -0.299 e. The van der Waals surface area contributed by atoms with E-state index >= 15 is 0 Å². The van der Waals surface area contributed by atoms with E-state index < -0.39 is 0 Å². The van der Waals surface area contributed by atoms with Crippen molar-refractivity contribution in [3.05, 3.63) is 0 Å². The zero-order chi connectivity index (χ0) is 10.3. The molecule has 0 atom stereocenters. The van der Waals surface area contributed by atoms with Crippen LogP contribution in [0.4, 0.5) is 0 Å². The van der Waals surface area contributed by atoms with Gasteiger partial charge >= 0.3 is 0 Å². The molecule has 0 aromatic rings. The molecule has 2 nitrogen and oxygen atoms in total. The maximum absolute atomic E-state index is 10.9. The van der Waals surface area contributed by atoms with E-state index in [2.05, 4.69) is 25.7 Å². The molecule has 0 aromatic carbocycles. The average Bonchev–Trinajstić information content (AvgIpc) is 1.99. The van der Waals surface area contributed by atoms with Crippen LogP contribution in [-0.2, 0) is 4.79 Å². The van der Waals surface area contributed by atoms with Crippen LogP contribution in [0.5, 0.6) is 0 Å². The van der Waals surface area contributed by atoms with Gasteiger partial charge in [0.25, 0.3) is 0 Å². The number of ketones is 1. The predicted molar refractivity (Wildman–Crippen MR) is 56.9 cm³/mol. The molecule has 0 aromatic heterocycles. The fraction of sp³-hybridized carbons (Fsp3) is 0.909. The van der Waals surface area contributed by atoms with Gasteiger partial charge in [0.05, 0.1) is 6.54 Å². The van der Waals surface area contributed by atoms with E-state index in [1.165, 1.54) is 6.42 Å². The fourth-order valence-electron chi connectivity index (χ4n) is 1.34. The van der Waals surface area contributed by atoms with Gasteiger partial charge < -0.3 is 0 Å². The topological polar surface area (TPSA) is 20.3 Å². The molecule has 78 valence electrons. The maximum Gasteiger partial charge on any atom is 0.143 e. The second kappa shape index (κ2) is 7.07. The van der Waals surface area contributed by atoms with Crippen molar-refractivity contribution in [1.82, 2.24) is 4.90 Å². The molecule has 0 saturated heterocycles. The highest BCUT2D eigenvalue weighted by atomic mass is 16.1. The summed E-state index contributed by atoms with van der Waals surface area (Å²) < 4.78 is 0. The molecule has 0 aliphatic rings. The molecule has 0 saturated carbocycles. The Balaban J connectivity index is 3.72. The van der Waals surface area contributed by atoms with E-state index in [0.29, 0.717) is 6.54 Å². The van der Waals surface area contributed by atoms with Gasteiger partial charge in [-0.3, -0.25) is 9.69 Å². The summed E-state index contributed by atoms with van der Waals surface area (Å²) in [5, 5.41) is 0. The van der Waals surface area contributed by atoms with Gasteiger partial charge in [-0.25, -0.2) is 0 Å². The summed E-state index contributed by atoms with van der Waals surface area (Å²) in [6.07, 6.45) is 2.32. The lowest BCUT2D eigenvalue weighted by molar-refractivity contribution is -0.118. The van der Waals surface area contributed by atoms with Gasteiger partial charge in [-0.1, -0.05) is 20.8 Å². The standard InChI is InChI=1S/C11H23NO/c1-5-7-12(9-11(4)13)8-6-10(2)3/h10H,5-9H2,1-4H3. The second-order valence-electron chi connectivity index (χ2n) is 4.16. The minimum absolute atomic E-state index is 0.275. The lowest BCUT2D eigenvalue weighted by Gasteiger charge is -2.20. The van der Waals surface area contributed by atoms with Crippen molar-refractivity contribution in [2.45, 2.75) is 40.5 Å². The average molecular weight is 185 g/mol. The van der Waals surface area contributed by atoms with Crippen LogP contribution in [0.15, 0.2) is 0 Å². The van der Waals surface area contributed by atoms with Crippen LogP contribution >= 0.6 is 0 Å². The summed E-state index contributed by atoms with van der Waals surface area (Å²) >= 11 is 0. The molecule has 0 radical (unpaired) electrons. The molecule has 0 aliphatic heterocycles. The molecule has 13 heavy (non-hydrogen) atoms. The van der Waals surface area contributed by atoms with Crippen LogP contribution in [0.2, 0.25) is 0 Å². The number of hydrogen-bond acceptors (Lipinski definition) is 2. The Labute approximate surface area is 82.3 Å². The first-order valence-corrected chi connectivity index (χ1v) is 5.28. The van der Waals surface area contributed by atoms with E-state index in [1.807, 2.05) is 0 Å². The first kappa shape index (κ1) is 12.6. The molecule has 0 rings (SSSR count). The van der Waals surface area contributed by atoms with E-state index in [0.717, 1.165) is 25.4 Å². The molecule has 0 aliphatic carbocycles. The lowest BCUT2D eigenvalue weighted by atomic mass is 10.1. The SMILES string of the molecule is CCCN(CCC(C)C)CC(C)=O. The molecule has 0 heterocycles. The minimum atomic E-state index is 0.275. The quantitative estimate of drug-likeness (QED) is 0.606. The number of rotatable bonds is 7. The maximum atomic E-state index is 10.9. The predicted octanol–water partition coefficient (Wildman–Crippen LogP) is 2.33. The third kappa shape index (κ3) is 7.97. The number of carbonyl (C=O) groups is 1. The zero-order valence-corrected chi connectivity index (χ0v) is 9.47.